The molecule has 1 N–H and O–H groups in total. The van der Waals surface area contributed by atoms with Gasteiger partial charge in [0.05, 0.1) is 17.3 Å². The van der Waals surface area contributed by atoms with Crippen LogP contribution in [-0.4, -0.2) is 73.0 Å². The summed E-state index contributed by atoms with van der Waals surface area (Å²) in [5.74, 6) is 0.510. The van der Waals surface area contributed by atoms with Gasteiger partial charge in [-0.05, 0) is 37.3 Å². The summed E-state index contributed by atoms with van der Waals surface area (Å²) in [4.78, 5) is 30.7. The first-order valence-electron chi connectivity index (χ1n) is 9.10. The number of nitrogens with one attached hydrogen (secondary N) is 1. The van der Waals surface area contributed by atoms with Crippen LogP contribution in [0.2, 0.25) is 5.02 Å². The number of para-hydroxylation sites is 1. The highest BCUT2D eigenvalue weighted by atomic mass is 35.5. The van der Waals surface area contributed by atoms with Crippen LogP contribution in [0.4, 0.5) is 10.5 Å². The minimum atomic E-state index is -0.100. The highest BCUT2D eigenvalue weighted by molar-refractivity contribution is 6.33. The number of nitrogens with zero attached hydrogens (tertiary/aromatic N) is 3. The summed E-state index contributed by atoms with van der Waals surface area (Å²) in [5.41, 5.74) is 1.63. The molecule has 3 heterocycles. The molecule has 2 atom stereocenters. The molecule has 3 aliphatic heterocycles. The SMILES string of the molecule is Cc1cccc(Cl)c1NC(=O)N1C[C@@H]2CC[C@H]1CN(CC(=O)N(C)C)C2. The molecule has 7 heteroatoms. The number of carbonyl (C=O) groups is 2. The van der Waals surface area contributed by atoms with E-state index in [9.17, 15) is 9.59 Å². The lowest BCUT2D eigenvalue weighted by Gasteiger charge is -2.36. The van der Waals surface area contributed by atoms with Gasteiger partial charge in [-0.3, -0.25) is 9.69 Å². The number of amides is 3. The zero-order valence-corrected chi connectivity index (χ0v) is 16.4. The number of benzene rings is 1. The van der Waals surface area contributed by atoms with E-state index in [-0.39, 0.29) is 18.0 Å². The Labute approximate surface area is 160 Å². The molecule has 26 heavy (non-hydrogen) atoms. The Morgan fingerprint density at radius 2 is 2.00 bits per heavy atom. The molecule has 0 aromatic heterocycles. The van der Waals surface area contributed by atoms with E-state index in [0.717, 1.165) is 38.0 Å². The molecular formula is C19H27ClN4O2. The van der Waals surface area contributed by atoms with Gasteiger partial charge in [0.15, 0.2) is 0 Å². The molecule has 142 valence electrons. The number of piperidine rings is 1. The number of likely N-dealkylation sites (N-methyl/N-ethyl adjacent to an activating group) is 1. The number of hydrogen-bond acceptors (Lipinski definition) is 3. The van der Waals surface area contributed by atoms with Crippen molar-refractivity contribution in [2.24, 2.45) is 5.92 Å². The summed E-state index contributed by atoms with van der Waals surface area (Å²) in [7, 11) is 3.56. The third-order valence-corrected chi connectivity index (χ3v) is 5.68. The first kappa shape index (κ1) is 19.0. The Balaban J connectivity index is 1.70. The first-order valence-corrected chi connectivity index (χ1v) is 9.48. The van der Waals surface area contributed by atoms with Crippen molar-refractivity contribution in [3.63, 3.8) is 0 Å². The fraction of sp³-hybridized carbons (Fsp3) is 0.579. The van der Waals surface area contributed by atoms with Crippen molar-refractivity contribution in [2.45, 2.75) is 25.8 Å². The smallest absolute Gasteiger partial charge is 0.322 e. The molecule has 0 saturated carbocycles. The van der Waals surface area contributed by atoms with Gasteiger partial charge in [-0.2, -0.15) is 0 Å². The highest BCUT2D eigenvalue weighted by Gasteiger charge is 2.37. The van der Waals surface area contributed by atoms with Gasteiger partial charge >= 0.3 is 6.03 Å². The third kappa shape index (κ3) is 4.13. The van der Waals surface area contributed by atoms with Crippen LogP contribution in [0.3, 0.4) is 0 Å². The van der Waals surface area contributed by atoms with Gasteiger partial charge in [0.25, 0.3) is 0 Å². The molecule has 1 aromatic rings. The van der Waals surface area contributed by atoms with Crippen molar-refractivity contribution < 1.29 is 9.59 Å². The summed E-state index contributed by atoms with van der Waals surface area (Å²) in [6.07, 6.45) is 2.08. The number of aryl methyl sites for hydroxylation is 1. The van der Waals surface area contributed by atoms with Gasteiger partial charge in [0, 0.05) is 39.8 Å². The van der Waals surface area contributed by atoms with Crippen molar-refractivity contribution in [1.29, 1.82) is 0 Å². The maximum absolute atomic E-state index is 12.9. The molecule has 3 aliphatic rings. The normalized spacial score (nSPS) is 22.8. The molecule has 1 aromatic carbocycles. The molecule has 6 nitrogen and oxygen atoms in total. The predicted molar refractivity (Wildman–Crippen MR) is 104 cm³/mol. The van der Waals surface area contributed by atoms with Crippen molar-refractivity contribution in [3.8, 4) is 0 Å². The number of halogens is 1. The lowest BCUT2D eigenvalue weighted by Crippen LogP contribution is -2.49. The Morgan fingerprint density at radius 1 is 1.23 bits per heavy atom. The summed E-state index contributed by atoms with van der Waals surface area (Å²) < 4.78 is 0. The van der Waals surface area contributed by atoms with E-state index in [1.165, 1.54) is 0 Å². The fourth-order valence-corrected chi connectivity index (χ4v) is 4.13. The van der Waals surface area contributed by atoms with Gasteiger partial charge in [-0.1, -0.05) is 23.7 Å². The number of urea groups is 1. The van der Waals surface area contributed by atoms with E-state index in [1.54, 1.807) is 25.1 Å². The second-order valence-electron chi connectivity index (χ2n) is 7.59. The van der Waals surface area contributed by atoms with E-state index < -0.39 is 0 Å². The van der Waals surface area contributed by atoms with Crippen molar-refractivity contribution in [2.75, 3.05) is 45.6 Å². The van der Waals surface area contributed by atoms with E-state index in [1.807, 2.05) is 24.0 Å². The minimum Gasteiger partial charge on any atom is -0.348 e. The summed E-state index contributed by atoms with van der Waals surface area (Å²) >= 11 is 6.25. The topological polar surface area (TPSA) is 55.9 Å². The zero-order valence-electron chi connectivity index (χ0n) is 15.7. The second kappa shape index (κ2) is 7.84. The van der Waals surface area contributed by atoms with Crippen molar-refractivity contribution in [1.82, 2.24) is 14.7 Å². The molecule has 0 unspecified atom stereocenters. The van der Waals surface area contributed by atoms with Crippen LogP contribution in [0, 0.1) is 12.8 Å². The van der Waals surface area contributed by atoms with Gasteiger partial charge in [-0.15, -0.1) is 0 Å². The first-order chi connectivity index (χ1) is 12.3. The maximum atomic E-state index is 12.9. The Morgan fingerprint density at radius 3 is 2.69 bits per heavy atom. The largest absolute Gasteiger partial charge is 0.348 e. The van der Waals surface area contributed by atoms with Gasteiger partial charge in [0.2, 0.25) is 5.91 Å². The average molecular weight is 379 g/mol. The van der Waals surface area contributed by atoms with E-state index in [0.29, 0.717) is 23.2 Å². The summed E-state index contributed by atoms with van der Waals surface area (Å²) in [6.45, 7) is 4.69. The molecule has 0 spiro atoms. The van der Waals surface area contributed by atoms with Crippen LogP contribution in [0.1, 0.15) is 18.4 Å². The van der Waals surface area contributed by atoms with Gasteiger partial charge < -0.3 is 15.1 Å². The van der Waals surface area contributed by atoms with Crippen LogP contribution in [0.5, 0.6) is 0 Å². The lowest BCUT2D eigenvalue weighted by atomic mass is 9.95. The number of hydrogen-bond donors (Lipinski definition) is 1. The Hall–Kier alpha value is -1.79. The highest BCUT2D eigenvalue weighted by Crippen LogP contribution is 2.30. The standard InChI is InChI=1S/C19H27ClN4O2/c1-13-5-4-6-16(20)18(13)21-19(26)24-10-14-7-8-15(24)11-23(9-14)12-17(25)22(2)3/h4-6,14-15H,7-12H2,1-3H3,(H,21,26)/t14-,15+/m1/s1. The number of carbonyl (C=O) groups excluding carboxylic acids is 2. The van der Waals surface area contributed by atoms with Gasteiger partial charge in [0.1, 0.15) is 0 Å². The molecule has 0 radical (unpaired) electrons. The fourth-order valence-electron chi connectivity index (χ4n) is 3.86. The van der Waals surface area contributed by atoms with Gasteiger partial charge in [-0.25, -0.2) is 4.79 Å². The van der Waals surface area contributed by atoms with E-state index >= 15 is 0 Å². The second-order valence-corrected chi connectivity index (χ2v) is 8.00. The van der Waals surface area contributed by atoms with Crippen LogP contribution >= 0.6 is 11.6 Å². The van der Waals surface area contributed by atoms with Crippen LogP contribution in [-0.2, 0) is 4.79 Å². The third-order valence-electron chi connectivity index (χ3n) is 5.36. The molecular weight excluding hydrogens is 352 g/mol. The lowest BCUT2D eigenvalue weighted by molar-refractivity contribution is -0.129. The van der Waals surface area contributed by atoms with Crippen molar-refractivity contribution in [3.05, 3.63) is 28.8 Å². The van der Waals surface area contributed by atoms with Crippen LogP contribution < -0.4 is 5.32 Å². The van der Waals surface area contributed by atoms with E-state index in [4.69, 9.17) is 11.6 Å². The summed E-state index contributed by atoms with van der Waals surface area (Å²) in [6, 6.07) is 5.63. The maximum Gasteiger partial charge on any atom is 0.322 e. The number of anilines is 1. The minimum absolute atomic E-state index is 0.100. The number of rotatable bonds is 3. The van der Waals surface area contributed by atoms with Crippen LogP contribution in [0.15, 0.2) is 18.2 Å². The number of fused-ring (bicyclic) bond motifs is 4. The molecule has 2 bridgehead atoms. The van der Waals surface area contributed by atoms with E-state index in [2.05, 4.69) is 10.2 Å². The monoisotopic (exact) mass is 378 g/mol. The predicted octanol–water partition coefficient (Wildman–Crippen LogP) is 2.66. The molecule has 3 saturated heterocycles. The Bertz CT molecular complexity index is 674. The molecule has 4 rings (SSSR count). The van der Waals surface area contributed by atoms with Crippen LogP contribution in [0.25, 0.3) is 0 Å². The Kier molecular flexibility index (Phi) is 5.73. The summed E-state index contributed by atoms with van der Waals surface area (Å²) in [5, 5.41) is 3.55. The molecule has 3 fully saturated rings. The average Bonchev–Trinajstić information content (AvgIpc) is 2.88. The molecule has 3 amide bonds. The molecule has 0 aliphatic carbocycles. The zero-order chi connectivity index (χ0) is 18.8. The quantitative estimate of drug-likeness (QED) is 0.879. The van der Waals surface area contributed by atoms with Crippen molar-refractivity contribution >= 4 is 29.2 Å².